The van der Waals surface area contributed by atoms with Gasteiger partial charge in [-0.05, 0) is 23.8 Å². The summed E-state index contributed by atoms with van der Waals surface area (Å²) in [6.07, 6.45) is 3.28. The van der Waals surface area contributed by atoms with Crippen molar-refractivity contribution in [3.8, 4) is 11.3 Å². The Labute approximate surface area is 156 Å². The van der Waals surface area contributed by atoms with E-state index in [-0.39, 0.29) is 11.2 Å². The quantitative estimate of drug-likeness (QED) is 0.367. The molecule has 1 aromatic heterocycles. The van der Waals surface area contributed by atoms with Gasteiger partial charge in [0, 0.05) is 17.2 Å². The fourth-order valence-electron chi connectivity index (χ4n) is 2.97. The molecule has 4 rings (SSSR count). The molecular weight excluding hydrogens is 336 g/mol. The third-order valence-corrected chi connectivity index (χ3v) is 4.33. The van der Waals surface area contributed by atoms with Gasteiger partial charge in [0.2, 0.25) is 0 Å². The molecule has 0 unspecified atom stereocenters. The van der Waals surface area contributed by atoms with Gasteiger partial charge in [-0.2, -0.15) is 0 Å². The molecule has 0 bridgehead atoms. The number of fused-ring (bicyclic) bond motifs is 1. The average molecular weight is 352 g/mol. The van der Waals surface area contributed by atoms with Gasteiger partial charge in [-0.3, -0.25) is 9.59 Å². The first kappa shape index (κ1) is 16.7. The van der Waals surface area contributed by atoms with Gasteiger partial charge in [-0.1, -0.05) is 72.8 Å². The molecule has 0 aliphatic carbocycles. The van der Waals surface area contributed by atoms with Crippen LogP contribution < -0.4 is 5.43 Å². The lowest BCUT2D eigenvalue weighted by molar-refractivity contribution is 0.104. The summed E-state index contributed by atoms with van der Waals surface area (Å²) in [7, 11) is 0. The zero-order chi connectivity index (χ0) is 18.6. The summed E-state index contributed by atoms with van der Waals surface area (Å²) in [5.74, 6) is 0.400. The standard InChI is InChI=1S/C24H16O3/c25-21(18-9-2-1-3-10-18)15-14-17-8-4-5-11-19(17)24-16-22(26)20-12-6-7-13-23(20)27-24/h1-16H. The molecule has 130 valence electrons. The summed E-state index contributed by atoms with van der Waals surface area (Å²) in [4.78, 5) is 24.7. The fourth-order valence-corrected chi connectivity index (χ4v) is 2.97. The monoisotopic (exact) mass is 352 g/mol. The van der Waals surface area contributed by atoms with Crippen LogP contribution in [0.25, 0.3) is 28.4 Å². The molecule has 3 nitrogen and oxygen atoms in total. The minimum atomic E-state index is -0.0917. The largest absolute Gasteiger partial charge is 0.456 e. The molecule has 4 aromatic rings. The first-order valence-electron chi connectivity index (χ1n) is 8.62. The first-order chi connectivity index (χ1) is 13.2. The Morgan fingerprint density at radius 3 is 2.37 bits per heavy atom. The number of hydrogen-bond acceptors (Lipinski definition) is 3. The second-order valence-electron chi connectivity index (χ2n) is 6.12. The van der Waals surface area contributed by atoms with Crippen molar-refractivity contribution < 1.29 is 9.21 Å². The van der Waals surface area contributed by atoms with Crippen LogP contribution in [0.5, 0.6) is 0 Å². The molecule has 0 saturated carbocycles. The summed E-state index contributed by atoms with van der Waals surface area (Å²) >= 11 is 0. The fraction of sp³-hybridized carbons (Fsp3) is 0. The van der Waals surface area contributed by atoms with E-state index in [1.54, 1.807) is 30.3 Å². The molecule has 27 heavy (non-hydrogen) atoms. The van der Waals surface area contributed by atoms with Crippen molar-refractivity contribution in [2.24, 2.45) is 0 Å². The van der Waals surface area contributed by atoms with Crippen LogP contribution in [0, 0.1) is 0 Å². The number of ketones is 1. The predicted octanol–water partition coefficient (Wildman–Crippen LogP) is 5.36. The van der Waals surface area contributed by atoms with Gasteiger partial charge in [-0.15, -0.1) is 0 Å². The number of para-hydroxylation sites is 1. The van der Waals surface area contributed by atoms with E-state index in [0.29, 0.717) is 22.3 Å². The highest BCUT2D eigenvalue weighted by Gasteiger charge is 2.09. The Morgan fingerprint density at radius 1 is 0.815 bits per heavy atom. The zero-order valence-corrected chi connectivity index (χ0v) is 14.5. The summed E-state index contributed by atoms with van der Waals surface area (Å²) in [5.41, 5.74) is 2.64. The Kier molecular flexibility index (Phi) is 4.50. The SMILES string of the molecule is O=C(C=Cc1ccccc1-c1cc(=O)c2ccccc2o1)c1ccccc1. The molecule has 3 heteroatoms. The third-order valence-electron chi connectivity index (χ3n) is 4.33. The van der Waals surface area contributed by atoms with Crippen molar-refractivity contribution in [3.05, 3.63) is 112 Å². The van der Waals surface area contributed by atoms with Crippen molar-refractivity contribution in [1.29, 1.82) is 0 Å². The molecule has 0 radical (unpaired) electrons. The predicted molar refractivity (Wildman–Crippen MR) is 108 cm³/mol. The van der Waals surface area contributed by atoms with Crippen molar-refractivity contribution in [2.75, 3.05) is 0 Å². The molecule has 0 saturated heterocycles. The van der Waals surface area contributed by atoms with Crippen LogP contribution in [0.3, 0.4) is 0 Å². The minimum absolute atomic E-state index is 0.0784. The number of rotatable bonds is 4. The van der Waals surface area contributed by atoms with Gasteiger partial charge in [0.25, 0.3) is 0 Å². The van der Waals surface area contributed by atoms with Gasteiger partial charge >= 0.3 is 0 Å². The summed E-state index contributed by atoms with van der Waals surface area (Å²) in [5, 5.41) is 0.550. The number of carbonyl (C=O) groups excluding carboxylic acids is 1. The second-order valence-corrected chi connectivity index (χ2v) is 6.12. The molecule has 1 heterocycles. The highest BCUT2D eigenvalue weighted by molar-refractivity contribution is 6.07. The highest BCUT2D eigenvalue weighted by Crippen LogP contribution is 2.26. The second kappa shape index (κ2) is 7.26. The van der Waals surface area contributed by atoms with E-state index >= 15 is 0 Å². The van der Waals surface area contributed by atoms with Crippen molar-refractivity contribution >= 4 is 22.8 Å². The van der Waals surface area contributed by atoms with E-state index in [1.807, 2.05) is 54.6 Å². The Bertz CT molecular complexity index is 1200. The molecule has 0 atom stereocenters. The lowest BCUT2D eigenvalue weighted by Crippen LogP contribution is -2.00. The van der Waals surface area contributed by atoms with E-state index in [9.17, 15) is 9.59 Å². The third kappa shape index (κ3) is 3.48. The van der Waals surface area contributed by atoms with Gasteiger partial charge in [-0.25, -0.2) is 0 Å². The van der Waals surface area contributed by atoms with Crippen LogP contribution in [-0.4, -0.2) is 5.78 Å². The van der Waals surface area contributed by atoms with Crippen LogP contribution in [0.4, 0.5) is 0 Å². The summed E-state index contributed by atoms with van der Waals surface area (Å²) in [6, 6.07) is 25.3. The van der Waals surface area contributed by atoms with Crippen LogP contribution in [0.1, 0.15) is 15.9 Å². The molecule has 0 amide bonds. The molecule has 0 aliphatic heterocycles. The maximum Gasteiger partial charge on any atom is 0.193 e. The Balaban J connectivity index is 1.75. The van der Waals surface area contributed by atoms with Crippen LogP contribution in [0.2, 0.25) is 0 Å². The van der Waals surface area contributed by atoms with Gasteiger partial charge in [0.1, 0.15) is 11.3 Å². The normalized spacial score (nSPS) is 11.1. The lowest BCUT2D eigenvalue weighted by atomic mass is 10.0. The lowest BCUT2D eigenvalue weighted by Gasteiger charge is -2.06. The molecule has 3 aromatic carbocycles. The van der Waals surface area contributed by atoms with E-state index in [2.05, 4.69) is 0 Å². The molecule has 0 spiro atoms. The van der Waals surface area contributed by atoms with E-state index in [4.69, 9.17) is 4.42 Å². The van der Waals surface area contributed by atoms with E-state index < -0.39 is 0 Å². The molecule has 0 aliphatic rings. The van der Waals surface area contributed by atoms with Gasteiger partial charge in [0.05, 0.1) is 5.39 Å². The van der Waals surface area contributed by atoms with Gasteiger partial charge in [0.15, 0.2) is 11.2 Å². The smallest absolute Gasteiger partial charge is 0.193 e. The van der Waals surface area contributed by atoms with Crippen molar-refractivity contribution in [1.82, 2.24) is 0 Å². The maximum absolute atomic E-state index is 12.4. The van der Waals surface area contributed by atoms with E-state index in [0.717, 1.165) is 11.1 Å². The number of allylic oxidation sites excluding steroid dienone is 1. The molecular formula is C24H16O3. The first-order valence-corrected chi connectivity index (χ1v) is 8.62. The Morgan fingerprint density at radius 2 is 1.52 bits per heavy atom. The topological polar surface area (TPSA) is 47.3 Å². The summed E-state index contributed by atoms with van der Waals surface area (Å²) in [6.45, 7) is 0. The highest BCUT2D eigenvalue weighted by atomic mass is 16.3. The maximum atomic E-state index is 12.4. The van der Waals surface area contributed by atoms with Crippen molar-refractivity contribution in [2.45, 2.75) is 0 Å². The number of hydrogen-bond donors (Lipinski definition) is 0. The average Bonchev–Trinajstić information content (AvgIpc) is 2.73. The molecule has 0 N–H and O–H groups in total. The summed E-state index contributed by atoms with van der Waals surface area (Å²) < 4.78 is 5.94. The van der Waals surface area contributed by atoms with Gasteiger partial charge < -0.3 is 4.42 Å². The van der Waals surface area contributed by atoms with Crippen molar-refractivity contribution in [3.63, 3.8) is 0 Å². The zero-order valence-electron chi connectivity index (χ0n) is 14.5. The van der Waals surface area contributed by atoms with Crippen LogP contribution in [-0.2, 0) is 0 Å². The van der Waals surface area contributed by atoms with Crippen LogP contribution >= 0.6 is 0 Å². The van der Waals surface area contributed by atoms with Crippen LogP contribution in [0.15, 0.2) is 100 Å². The Hall–Kier alpha value is -3.72. The number of benzene rings is 3. The number of carbonyl (C=O) groups is 1. The molecule has 0 fully saturated rings. The van der Waals surface area contributed by atoms with E-state index in [1.165, 1.54) is 12.1 Å². The minimum Gasteiger partial charge on any atom is -0.456 e.